The lowest BCUT2D eigenvalue weighted by molar-refractivity contribution is -0.155. The smallest absolute Gasteiger partial charge is 0.344 e. The van der Waals surface area contributed by atoms with Crippen LogP contribution in [-0.4, -0.2) is 32.1 Å². The van der Waals surface area contributed by atoms with Crippen molar-refractivity contribution in [1.29, 1.82) is 0 Å². The number of rotatable bonds is 16. The van der Waals surface area contributed by atoms with E-state index in [4.69, 9.17) is 27.8 Å². The summed E-state index contributed by atoms with van der Waals surface area (Å²) >= 11 is 0. The van der Waals surface area contributed by atoms with Crippen LogP contribution in [0.15, 0.2) is 140 Å². The van der Waals surface area contributed by atoms with Crippen LogP contribution in [0.3, 0.4) is 0 Å². The maximum atomic E-state index is 12.7. The van der Waals surface area contributed by atoms with Gasteiger partial charge in [0.1, 0.15) is 22.7 Å². The molecule has 0 aliphatic carbocycles. The molecular formula is C41H36O9. The van der Waals surface area contributed by atoms with Crippen LogP contribution in [0.2, 0.25) is 0 Å². The van der Waals surface area contributed by atoms with Crippen LogP contribution >= 0.6 is 0 Å². The highest BCUT2D eigenvalue weighted by Gasteiger charge is 2.13. The van der Waals surface area contributed by atoms with Crippen molar-refractivity contribution >= 4 is 27.9 Å². The van der Waals surface area contributed by atoms with E-state index in [1.54, 1.807) is 12.1 Å². The number of fused-ring (bicyclic) bond motifs is 2. The average molecular weight is 673 g/mol. The fourth-order valence-corrected chi connectivity index (χ4v) is 5.56. The molecule has 0 fully saturated rings. The van der Waals surface area contributed by atoms with Crippen molar-refractivity contribution in [3.8, 4) is 33.8 Å². The first-order valence-electron chi connectivity index (χ1n) is 16.4. The van der Waals surface area contributed by atoms with Gasteiger partial charge in [-0.3, -0.25) is 0 Å². The van der Waals surface area contributed by atoms with Gasteiger partial charge in [-0.05, 0) is 73.2 Å². The average Bonchev–Trinajstić information content (AvgIpc) is 3.14. The zero-order valence-electron chi connectivity index (χ0n) is 27.4. The molecule has 9 nitrogen and oxygen atoms in total. The Morgan fingerprint density at radius 2 is 1.14 bits per heavy atom. The molecule has 0 bridgehead atoms. The van der Waals surface area contributed by atoms with E-state index in [1.807, 2.05) is 97.1 Å². The van der Waals surface area contributed by atoms with Crippen LogP contribution in [0.25, 0.3) is 44.2 Å². The van der Waals surface area contributed by atoms with Crippen molar-refractivity contribution in [3.63, 3.8) is 0 Å². The van der Waals surface area contributed by atoms with E-state index < -0.39 is 17.2 Å². The second-order valence-corrected chi connectivity index (χ2v) is 11.6. The topological polar surface area (TPSA) is 114 Å². The van der Waals surface area contributed by atoms with E-state index in [0.717, 1.165) is 28.0 Å². The summed E-state index contributed by atoms with van der Waals surface area (Å²) in [4.78, 5) is 36.8. The summed E-state index contributed by atoms with van der Waals surface area (Å²) in [5.41, 5.74) is 2.68. The van der Waals surface area contributed by atoms with E-state index in [1.165, 1.54) is 0 Å². The summed E-state index contributed by atoms with van der Waals surface area (Å²) in [6, 6.07) is 33.3. The van der Waals surface area contributed by atoms with Crippen molar-refractivity contribution in [2.24, 2.45) is 0 Å². The van der Waals surface area contributed by atoms with Crippen LogP contribution in [0.4, 0.5) is 0 Å². The Kier molecular flexibility index (Phi) is 11.2. The molecule has 0 atom stereocenters. The number of carbonyl (C=O) groups is 1. The Bertz CT molecular complexity index is 2040. The first-order chi connectivity index (χ1) is 24.5. The monoisotopic (exact) mass is 672 g/mol. The normalized spacial score (nSPS) is 11.1. The van der Waals surface area contributed by atoms with E-state index >= 15 is 0 Å². The van der Waals surface area contributed by atoms with Gasteiger partial charge in [-0.25, -0.2) is 14.4 Å². The second kappa shape index (κ2) is 16.5. The first-order valence-corrected chi connectivity index (χ1v) is 16.4. The predicted molar refractivity (Wildman–Crippen MR) is 191 cm³/mol. The highest BCUT2D eigenvalue weighted by molar-refractivity contribution is 5.84. The van der Waals surface area contributed by atoms with Crippen LogP contribution in [-0.2, 0) is 14.3 Å². The molecule has 2 heterocycles. The Morgan fingerprint density at radius 1 is 0.660 bits per heavy atom. The van der Waals surface area contributed by atoms with Gasteiger partial charge in [0.25, 0.3) is 0 Å². The molecule has 0 N–H and O–H groups in total. The molecule has 4 aromatic carbocycles. The molecule has 0 saturated carbocycles. The summed E-state index contributed by atoms with van der Waals surface area (Å²) in [6.45, 7) is 4.01. The molecule has 0 unspecified atom stereocenters. The van der Waals surface area contributed by atoms with Gasteiger partial charge in [0.2, 0.25) is 0 Å². The lowest BCUT2D eigenvalue weighted by Gasteiger charge is -2.18. The Hall–Kier alpha value is -5.93. The van der Waals surface area contributed by atoms with Gasteiger partial charge >= 0.3 is 17.2 Å². The molecule has 0 amide bonds. The molecule has 50 heavy (non-hydrogen) atoms. The minimum absolute atomic E-state index is 0.194. The zero-order valence-corrected chi connectivity index (χ0v) is 27.4. The maximum Gasteiger partial charge on any atom is 0.344 e. The Balaban J connectivity index is 1.01. The maximum absolute atomic E-state index is 12.7. The molecule has 6 rings (SSSR count). The van der Waals surface area contributed by atoms with Crippen molar-refractivity contribution in [3.05, 3.63) is 143 Å². The summed E-state index contributed by atoms with van der Waals surface area (Å²) in [5, 5.41) is 1.59. The van der Waals surface area contributed by atoms with Crippen LogP contribution in [0.1, 0.15) is 25.7 Å². The largest absolute Gasteiger partial charge is 0.493 e. The van der Waals surface area contributed by atoms with E-state index in [9.17, 15) is 14.4 Å². The van der Waals surface area contributed by atoms with E-state index in [2.05, 4.69) is 6.58 Å². The van der Waals surface area contributed by atoms with E-state index in [-0.39, 0.29) is 12.9 Å². The van der Waals surface area contributed by atoms with E-state index in [0.29, 0.717) is 72.7 Å². The van der Waals surface area contributed by atoms with Gasteiger partial charge < -0.3 is 27.8 Å². The summed E-state index contributed by atoms with van der Waals surface area (Å²) in [6.07, 6.45) is 3.45. The first kappa shape index (κ1) is 34.0. The Morgan fingerprint density at radius 3 is 1.60 bits per heavy atom. The predicted octanol–water partition coefficient (Wildman–Crippen LogP) is 8.32. The fourth-order valence-electron chi connectivity index (χ4n) is 5.56. The zero-order chi connectivity index (χ0) is 34.7. The number of esters is 1. The molecule has 6 aromatic rings. The molecule has 0 spiro atoms. The van der Waals surface area contributed by atoms with Gasteiger partial charge in [0.05, 0.1) is 30.4 Å². The third kappa shape index (κ3) is 8.75. The highest BCUT2D eigenvalue weighted by Crippen LogP contribution is 2.26. The van der Waals surface area contributed by atoms with Crippen LogP contribution < -0.4 is 20.7 Å². The minimum atomic E-state index is -0.562. The van der Waals surface area contributed by atoms with Crippen LogP contribution in [0, 0.1) is 0 Å². The minimum Gasteiger partial charge on any atom is -0.493 e. The third-order valence-electron chi connectivity index (χ3n) is 8.13. The van der Waals surface area contributed by atoms with Crippen LogP contribution in [0.5, 0.6) is 11.5 Å². The number of hydrogen-bond donors (Lipinski definition) is 0. The molecule has 0 radical (unpaired) electrons. The lowest BCUT2D eigenvalue weighted by atomic mass is 10.1. The summed E-state index contributed by atoms with van der Waals surface area (Å²) in [5.74, 6) is 0.607. The number of hydrogen-bond acceptors (Lipinski definition) is 9. The second-order valence-electron chi connectivity index (χ2n) is 11.6. The molecule has 0 aliphatic heterocycles. The molecule has 9 heteroatoms. The van der Waals surface area contributed by atoms with Crippen molar-refractivity contribution < 1.29 is 32.6 Å². The van der Waals surface area contributed by atoms with Crippen molar-refractivity contribution in [1.82, 2.24) is 0 Å². The number of benzene rings is 4. The molecule has 0 aliphatic rings. The Labute approximate surface area is 288 Å². The van der Waals surface area contributed by atoms with Gasteiger partial charge in [-0.1, -0.05) is 67.2 Å². The molecular weight excluding hydrogens is 636 g/mol. The van der Waals surface area contributed by atoms with Gasteiger partial charge in [0, 0.05) is 29.0 Å². The van der Waals surface area contributed by atoms with Crippen molar-refractivity contribution in [2.75, 3.05) is 20.0 Å². The summed E-state index contributed by atoms with van der Waals surface area (Å²) < 4.78 is 34.0. The quantitative estimate of drug-likeness (QED) is 0.0329. The number of carbonyl (C=O) groups excluding carboxylic acids is 1. The summed E-state index contributed by atoms with van der Waals surface area (Å²) in [7, 11) is 0. The fraction of sp³-hybridized carbons (Fsp3) is 0.195. The van der Waals surface area contributed by atoms with Gasteiger partial charge in [0.15, 0.2) is 6.79 Å². The molecule has 0 saturated heterocycles. The van der Waals surface area contributed by atoms with Crippen molar-refractivity contribution in [2.45, 2.75) is 31.8 Å². The third-order valence-corrected chi connectivity index (χ3v) is 8.13. The SMILES string of the molecule is C=CC(=O)OCOC(CCCOc1ccc2cc(-c3ccccc3)c(=O)oc2c1)CCCOc1ccc2cc(-c3ccccc3)c(=O)oc2c1. The number of ether oxygens (including phenoxy) is 4. The molecule has 2 aromatic heterocycles. The highest BCUT2D eigenvalue weighted by atomic mass is 16.7. The van der Waals surface area contributed by atoms with Gasteiger partial charge in [-0.15, -0.1) is 0 Å². The van der Waals surface area contributed by atoms with Gasteiger partial charge in [-0.2, -0.15) is 0 Å². The lowest BCUT2D eigenvalue weighted by Crippen LogP contribution is -2.19. The molecule has 254 valence electrons. The standard InChI is InChI=1S/C41H36O9/c1-2-39(42)48-27-47-32(15-9-21-45-33-19-17-30-23-35(28-11-5-3-6-12-28)40(43)49-37(30)25-33)16-10-22-46-34-20-18-31-24-36(29-13-7-4-8-14-29)41(44)50-38(31)26-34/h2-8,11-14,17-20,23-26,32H,1,9-10,15-16,21-22,27H2.